The van der Waals surface area contributed by atoms with Crippen LogP contribution in [0.1, 0.15) is 35.6 Å². The number of benzene rings is 2. The Balaban J connectivity index is 1.64. The molecule has 1 fully saturated rings. The summed E-state index contributed by atoms with van der Waals surface area (Å²) in [6.07, 6.45) is -1.60. The average molecular weight is 558 g/mol. The molecule has 0 amide bonds. The highest BCUT2D eigenvalue weighted by atomic mass is 35.5. The molecular formula is C27H19ClF3N3O3S. The molecule has 0 atom stereocenters. The maximum Gasteiger partial charge on any atom is 0.433 e. The highest BCUT2D eigenvalue weighted by Crippen LogP contribution is 2.46. The Morgan fingerprint density at radius 3 is 2.68 bits per heavy atom. The number of rotatable bonds is 5. The molecule has 0 spiro atoms. The lowest BCUT2D eigenvalue weighted by Gasteiger charge is -2.17. The van der Waals surface area contributed by atoms with E-state index in [2.05, 4.69) is 4.98 Å². The molecular weight excluding hydrogens is 539 g/mol. The molecule has 0 aliphatic heterocycles. The Morgan fingerprint density at radius 2 is 1.97 bits per heavy atom. The van der Waals surface area contributed by atoms with Crippen molar-refractivity contribution in [3.8, 4) is 22.9 Å². The molecule has 0 saturated heterocycles. The Hall–Kier alpha value is -3.63. The quantitative estimate of drug-likeness (QED) is 0.252. The van der Waals surface area contributed by atoms with E-state index < -0.39 is 17.4 Å². The second-order valence-electron chi connectivity index (χ2n) is 9.16. The number of aromatic hydroxyl groups is 1. The monoisotopic (exact) mass is 557 g/mol. The molecule has 1 aliphatic rings. The number of ether oxygens (including phenoxy) is 1. The van der Waals surface area contributed by atoms with Crippen molar-refractivity contribution in [2.24, 2.45) is 0 Å². The molecule has 5 aromatic rings. The summed E-state index contributed by atoms with van der Waals surface area (Å²) in [5.74, 6) is 1.11. The normalized spacial score (nSPS) is 13.9. The van der Waals surface area contributed by atoms with Gasteiger partial charge in [-0.3, -0.25) is 14.3 Å². The van der Waals surface area contributed by atoms with Crippen LogP contribution in [-0.4, -0.2) is 26.8 Å². The van der Waals surface area contributed by atoms with Gasteiger partial charge in [-0.2, -0.15) is 13.2 Å². The Kier molecular flexibility index (Phi) is 5.84. The molecule has 6 rings (SSSR count). The number of halogens is 4. The predicted molar refractivity (Wildman–Crippen MR) is 140 cm³/mol. The first-order valence-corrected chi connectivity index (χ1v) is 12.9. The maximum atomic E-state index is 14.1. The minimum atomic E-state index is -4.62. The van der Waals surface area contributed by atoms with Crippen molar-refractivity contribution in [1.82, 2.24) is 14.5 Å². The molecule has 38 heavy (non-hydrogen) atoms. The van der Waals surface area contributed by atoms with Crippen molar-refractivity contribution >= 4 is 43.2 Å². The summed E-state index contributed by atoms with van der Waals surface area (Å²) in [6, 6.07) is 11.0. The molecule has 0 bridgehead atoms. The van der Waals surface area contributed by atoms with Crippen LogP contribution in [0.3, 0.4) is 0 Å². The summed E-state index contributed by atoms with van der Waals surface area (Å²) in [7, 11) is 1.57. The van der Waals surface area contributed by atoms with Crippen LogP contribution in [0, 0.1) is 0 Å². The zero-order valence-electron chi connectivity index (χ0n) is 19.8. The van der Waals surface area contributed by atoms with Gasteiger partial charge in [0.15, 0.2) is 5.75 Å². The van der Waals surface area contributed by atoms with Gasteiger partial charge in [0.25, 0.3) is 5.56 Å². The number of nitrogens with zero attached hydrogens (tertiary/aromatic N) is 3. The smallest absolute Gasteiger partial charge is 0.433 e. The first-order chi connectivity index (χ1) is 18.2. The molecule has 11 heteroatoms. The van der Waals surface area contributed by atoms with E-state index in [-0.39, 0.29) is 34.2 Å². The average Bonchev–Trinajstić information content (AvgIpc) is 3.67. The fraction of sp³-hybridized carbons (Fsp3) is 0.222. The molecule has 194 valence electrons. The summed E-state index contributed by atoms with van der Waals surface area (Å²) in [5.41, 5.74) is 0.450. The van der Waals surface area contributed by atoms with E-state index in [1.807, 2.05) is 12.1 Å². The molecule has 6 nitrogen and oxygen atoms in total. The summed E-state index contributed by atoms with van der Waals surface area (Å²) in [4.78, 5) is 22.7. The number of hydrogen-bond acceptors (Lipinski definition) is 6. The number of aromatic nitrogens is 3. The Morgan fingerprint density at radius 1 is 1.18 bits per heavy atom. The molecule has 3 heterocycles. The van der Waals surface area contributed by atoms with Gasteiger partial charge in [-0.15, -0.1) is 11.3 Å². The van der Waals surface area contributed by atoms with Gasteiger partial charge < -0.3 is 9.84 Å². The van der Waals surface area contributed by atoms with Crippen LogP contribution in [0.5, 0.6) is 11.5 Å². The lowest BCUT2D eigenvalue weighted by atomic mass is 10.0. The minimum Gasteiger partial charge on any atom is -0.505 e. The molecule has 1 saturated carbocycles. The minimum absolute atomic E-state index is 0.146. The number of fused-ring (bicyclic) bond motifs is 3. The van der Waals surface area contributed by atoms with Gasteiger partial charge in [-0.05, 0) is 66.3 Å². The van der Waals surface area contributed by atoms with Gasteiger partial charge >= 0.3 is 6.18 Å². The number of hydrogen-bond donors (Lipinski definition) is 1. The van der Waals surface area contributed by atoms with E-state index in [9.17, 15) is 23.1 Å². The van der Waals surface area contributed by atoms with E-state index in [1.54, 1.807) is 19.2 Å². The summed E-state index contributed by atoms with van der Waals surface area (Å²) in [5, 5.41) is 11.4. The van der Waals surface area contributed by atoms with Gasteiger partial charge in [0.05, 0.1) is 28.8 Å². The van der Waals surface area contributed by atoms with Crippen LogP contribution >= 0.6 is 22.9 Å². The van der Waals surface area contributed by atoms with Gasteiger partial charge in [0.2, 0.25) is 0 Å². The van der Waals surface area contributed by atoms with Crippen LogP contribution in [0.15, 0.2) is 53.5 Å². The number of alkyl halides is 3. The summed E-state index contributed by atoms with van der Waals surface area (Å²) >= 11 is 7.25. The van der Waals surface area contributed by atoms with E-state index in [1.165, 1.54) is 16.7 Å². The molecule has 0 radical (unpaired) electrons. The number of methoxy groups -OCH3 is 1. The molecule has 1 aliphatic carbocycles. The van der Waals surface area contributed by atoms with Crippen molar-refractivity contribution in [1.29, 1.82) is 0 Å². The molecule has 3 aromatic heterocycles. The third-order valence-electron chi connectivity index (χ3n) is 6.66. The highest BCUT2D eigenvalue weighted by molar-refractivity contribution is 7.25. The summed E-state index contributed by atoms with van der Waals surface area (Å²) in [6.45, 7) is -0.157. The van der Waals surface area contributed by atoms with Crippen LogP contribution in [0.4, 0.5) is 13.2 Å². The van der Waals surface area contributed by atoms with E-state index in [0.29, 0.717) is 32.1 Å². The van der Waals surface area contributed by atoms with Crippen molar-refractivity contribution < 1.29 is 23.0 Å². The van der Waals surface area contributed by atoms with Crippen LogP contribution < -0.4 is 10.3 Å². The number of thiophene rings is 1. The standard InChI is InChI=1S/C27H19ClF3N3O3S/c1-37-15-4-5-16(18(11-15)14-2-3-14)24-33-25-21(17-6-7-19(28)22(35)23(17)38-25)26(36)34(24)12-13-8-9-32-20(10-13)27(29,30)31/h4-11,14,35H,2-3,12H2,1H3. The molecule has 0 unspecified atom stereocenters. The largest absolute Gasteiger partial charge is 0.505 e. The SMILES string of the molecule is COc1ccc(-c2nc3sc4c(O)c(Cl)ccc4c3c(=O)n2Cc2ccnc(C(F)(F)F)c2)c(C2CC2)c1. The lowest BCUT2D eigenvalue weighted by Crippen LogP contribution is -2.24. The zero-order valence-corrected chi connectivity index (χ0v) is 21.4. The molecule has 1 N–H and O–H groups in total. The lowest BCUT2D eigenvalue weighted by molar-refractivity contribution is -0.141. The number of phenolic OH excluding ortho intramolecular Hbond substituents is 1. The predicted octanol–water partition coefficient (Wildman–Crippen LogP) is 6.99. The zero-order chi connectivity index (χ0) is 26.8. The number of pyridine rings is 1. The van der Waals surface area contributed by atoms with Gasteiger partial charge in [0, 0.05) is 17.1 Å². The topological polar surface area (TPSA) is 77.2 Å². The first-order valence-electron chi connectivity index (χ1n) is 11.7. The van der Waals surface area contributed by atoms with Crippen molar-refractivity contribution in [3.63, 3.8) is 0 Å². The van der Waals surface area contributed by atoms with E-state index in [0.717, 1.165) is 42.0 Å². The van der Waals surface area contributed by atoms with E-state index >= 15 is 0 Å². The second-order valence-corrected chi connectivity index (χ2v) is 10.6. The Labute approximate surface area is 222 Å². The second kappa shape index (κ2) is 8.99. The van der Waals surface area contributed by atoms with Crippen LogP contribution in [-0.2, 0) is 12.7 Å². The third-order valence-corrected chi connectivity index (χ3v) is 8.07. The number of phenols is 1. The van der Waals surface area contributed by atoms with Crippen molar-refractivity contribution in [2.45, 2.75) is 31.5 Å². The van der Waals surface area contributed by atoms with Crippen molar-refractivity contribution in [2.75, 3.05) is 7.11 Å². The third kappa shape index (κ3) is 4.17. The fourth-order valence-electron chi connectivity index (χ4n) is 4.65. The van der Waals surface area contributed by atoms with Gasteiger partial charge in [-0.1, -0.05) is 17.7 Å². The van der Waals surface area contributed by atoms with Gasteiger partial charge in [-0.25, -0.2) is 4.98 Å². The maximum absolute atomic E-state index is 14.1. The summed E-state index contributed by atoms with van der Waals surface area (Å²) < 4.78 is 47.3. The van der Waals surface area contributed by atoms with Gasteiger partial charge in [0.1, 0.15) is 22.1 Å². The Bertz CT molecular complexity index is 1790. The van der Waals surface area contributed by atoms with Crippen LogP contribution in [0.25, 0.3) is 31.7 Å². The fourth-order valence-corrected chi connectivity index (χ4v) is 5.97. The van der Waals surface area contributed by atoms with E-state index in [4.69, 9.17) is 21.3 Å². The van der Waals surface area contributed by atoms with Crippen molar-refractivity contribution in [3.05, 3.63) is 80.9 Å². The van der Waals surface area contributed by atoms with Crippen LogP contribution in [0.2, 0.25) is 5.02 Å². The molecule has 2 aromatic carbocycles. The highest BCUT2D eigenvalue weighted by Gasteiger charge is 2.33. The first kappa shape index (κ1) is 24.7.